The number of primary amides is 1. The van der Waals surface area contributed by atoms with E-state index in [1.54, 1.807) is 18.2 Å². The van der Waals surface area contributed by atoms with E-state index in [1.807, 2.05) is 0 Å². The molecule has 1 rings (SSSR count). The van der Waals surface area contributed by atoms with Crippen LogP contribution in [0.25, 0.3) is 0 Å². The van der Waals surface area contributed by atoms with Crippen LogP contribution in [0.1, 0.15) is 15.9 Å². The molecule has 13 heavy (non-hydrogen) atoms. The maximum atomic E-state index is 10.9. The maximum Gasteiger partial charge on any atom is 0.249 e. The molecule has 0 aromatic heterocycles. The summed E-state index contributed by atoms with van der Waals surface area (Å²) in [6, 6.07) is 6.37. The van der Waals surface area contributed by atoms with Crippen molar-refractivity contribution in [1.82, 2.24) is 0 Å². The lowest BCUT2D eigenvalue weighted by atomic mass is 10.1. The van der Waals surface area contributed by atoms with E-state index in [0.717, 1.165) is 0 Å². The van der Waals surface area contributed by atoms with E-state index >= 15 is 0 Å². The van der Waals surface area contributed by atoms with E-state index in [2.05, 4.69) is 5.16 Å². The number of amides is 1. The Hall–Kier alpha value is -2.04. The summed E-state index contributed by atoms with van der Waals surface area (Å²) in [5, 5.41) is 11.2. The van der Waals surface area contributed by atoms with Gasteiger partial charge < -0.3 is 16.7 Å². The highest BCUT2D eigenvalue weighted by molar-refractivity contribution is 6.07. The number of benzene rings is 1. The van der Waals surface area contributed by atoms with Gasteiger partial charge in [-0.2, -0.15) is 0 Å². The summed E-state index contributed by atoms with van der Waals surface area (Å²) in [4.78, 5) is 10.9. The molecule has 1 aromatic carbocycles. The Morgan fingerprint density at radius 1 is 1.23 bits per heavy atom. The van der Waals surface area contributed by atoms with Gasteiger partial charge in [-0.25, -0.2) is 0 Å². The number of hydrogen-bond acceptors (Lipinski definition) is 3. The molecule has 0 unspecified atom stereocenters. The SMILES string of the molecule is NC(=O)c1ccccc1C(N)=NO. The van der Waals surface area contributed by atoms with Crippen LogP contribution in [0.4, 0.5) is 0 Å². The van der Waals surface area contributed by atoms with Gasteiger partial charge in [0.1, 0.15) is 0 Å². The molecule has 0 aliphatic carbocycles. The first-order chi connectivity index (χ1) is 6.16. The topological polar surface area (TPSA) is 102 Å². The molecule has 1 amide bonds. The van der Waals surface area contributed by atoms with E-state index < -0.39 is 5.91 Å². The van der Waals surface area contributed by atoms with E-state index in [1.165, 1.54) is 6.07 Å². The molecule has 5 heteroatoms. The molecule has 5 N–H and O–H groups in total. The Morgan fingerprint density at radius 2 is 1.77 bits per heavy atom. The van der Waals surface area contributed by atoms with Gasteiger partial charge in [0.25, 0.3) is 0 Å². The summed E-state index contributed by atoms with van der Waals surface area (Å²) in [5.74, 6) is -0.739. The van der Waals surface area contributed by atoms with Crippen LogP contribution in [0.5, 0.6) is 0 Å². The Kier molecular flexibility index (Phi) is 2.49. The number of rotatable bonds is 2. The average molecular weight is 179 g/mol. The first kappa shape index (κ1) is 9.05. The normalized spacial score (nSPS) is 11.2. The highest BCUT2D eigenvalue weighted by atomic mass is 16.4. The predicted octanol–water partition coefficient (Wildman–Crippen LogP) is -0.120. The first-order valence-corrected chi connectivity index (χ1v) is 3.53. The molecule has 0 bridgehead atoms. The molecule has 68 valence electrons. The van der Waals surface area contributed by atoms with Gasteiger partial charge in [-0.15, -0.1) is 0 Å². The van der Waals surface area contributed by atoms with Gasteiger partial charge in [0.05, 0.1) is 5.56 Å². The van der Waals surface area contributed by atoms with E-state index in [9.17, 15) is 4.79 Å². The Labute approximate surface area is 74.6 Å². The van der Waals surface area contributed by atoms with Gasteiger partial charge >= 0.3 is 0 Å². The van der Waals surface area contributed by atoms with Crippen molar-refractivity contribution in [2.75, 3.05) is 0 Å². The van der Waals surface area contributed by atoms with Crippen LogP contribution < -0.4 is 11.5 Å². The molecule has 0 fully saturated rings. The summed E-state index contributed by atoms with van der Waals surface area (Å²) in [7, 11) is 0. The summed E-state index contributed by atoms with van der Waals surface area (Å²) in [5.41, 5.74) is 11.0. The standard InChI is InChI=1S/C8H9N3O2/c9-7(11-13)5-3-1-2-4-6(5)8(10)12/h1-4,13H,(H2,9,11)(H2,10,12). The van der Waals surface area contributed by atoms with Crippen LogP contribution in [0.3, 0.4) is 0 Å². The Bertz CT molecular complexity index is 360. The number of nitrogens with zero attached hydrogens (tertiary/aromatic N) is 1. The van der Waals surface area contributed by atoms with Crippen LogP contribution in [-0.2, 0) is 0 Å². The smallest absolute Gasteiger partial charge is 0.249 e. The number of hydrogen-bond donors (Lipinski definition) is 3. The lowest BCUT2D eigenvalue weighted by Gasteiger charge is -2.02. The van der Waals surface area contributed by atoms with Crippen LogP contribution >= 0.6 is 0 Å². The maximum absolute atomic E-state index is 10.9. The van der Waals surface area contributed by atoms with Crippen LogP contribution in [0.2, 0.25) is 0 Å². The fraction of sp³-hybridized carbons (Fsp3) is 0. The zero-order valence-corrected chi connectivity index (χ0v) is 6.77. The second kappa shape index (κ2) is 3.57. The number of nitrogens with two attached hydrogens (primary N) is 2. The molecule has 0 spiro atoms. The molecule has 0 radical (unpaired) electrons. The average Bonchev–Trinajstić information content (AvgIpc) is 2.16. The van der Waals surface area contributed by atoms with Gasteiger partial charge in [0.15, 0.2) is 5.84 Å². The lowest BCUT2D eigenvalue weighted by molar-refractivity contribution is 0.1000. The molecule has 0 aliphatic heterocycles. The Balaban J connectivity index is 3.28. The number of amidine groups is 1. The van der Waals surface area contributed by atoms with Gasteiger partial charge in [-0.3, -0.25) is 4.79 Å². The fourth-order valence-corrected chi connectivity index (χ4v) is 0.975. The van der Waals surface area contributed by atoms with E-state index in [-0.39, 0.29) is 11.4 Å². The van der Waals surface area contributed by atoms with Crippen molar-refractivity contribution in [2.45, 2.75) is 0 Å². The molecule has 0 saturated carbocycles. The molecule has 1 aromatic rings. The van der Waals surface area contributed by atoms with Crippen LogP contribution in [0.15, 0.2) is 29.4 Å². The quantitative estimate of drug-likeness (QED) is 0.255. The molecule has 5 nitrogen and oxygen atoms in total. The van der Waals surface area contributed by atoms with Crippen molar-refractivity contribution in [3.05, 3.63) is 35.4 Å². The lowest BCUT2D eigenvalue weighted by Crippen LogP contribution is -2.21. The minimum absolute atomic E-state index is 0.130. The number of carbonyl (C=O) groups excluding carboxylic acids is 1. The largest absolute Gasteiger partial charge is 0.409 e. The minimum Gasteiger partial charge on any atom is -0.409 e. The van der Waals surface area contributed by atoms with Crippen molar-refractivity contribution < 1.29 is 10.0 Å². The number of carbonyl (C=O) groups is 1. The molecule has 0 aliphatic rings. The molecule has 0 heterocycles. The summed E-state index contributed by atoms with van der Waals surface area (Å²) in [6.07, 6.45) is 0. The fourth-order valence-electron chi connectivity index (χ4n) is 0.975. The zero-order valence-electron chi connectivity index (χ0n) is 6.77. The van der Waals surface area contributed by atoms with Gasteiger partial charge in [-0.05, 0) is 6.07 Å². The second-order valence-corrected chi connectivity index (χ2v) is 2.40. The third kappa shape index (κ3) is 1.76. The van der Waals surface area contributed by atoms with E-state index in [4.69, 9.17) is 16.7 Å². The Morgan fingerprint density at radius 3 is 2.23 bits per heavy atom. The highest BCUT2D eigenvalue weighted by Gasteiger charge is 2.09. The van der Waals surface area contributed by atoms with Crippen LogP contribution in [-0.4, -0.2) is 17.0 Å². The first-order valence-electron chi connectivity index (χ1n) is 3.53. The predicted molar refractivity (Wildman–Crippen MR) is 47.5 cm³/mol. The van der Waals surface area contributed by atoms with Gasteiger partial charge in [0.2, 0.25) is 5.91 Å². The molecule has 0 saturated heterocycles. The van der Waals surface area contributed by atoms with Gasteiger partial charge in [0, 0.05) is 5.56 Å². The third-order valence-electron chi connectivity index (χ3n) is 1.58. The van der Waals surface area contributed by atoms with Crippen molar-refractivity contribution in [2.24, 2.45) is 16.6 Å². The molecule has 0 atom stereocenters. The van der Waals surface area contributed by atoms with Crippen molar-refractivity contribution in [3.63, 3.8) is 0 Å². The van der Waals surface area contributed by atoms with Crippen molar-refractivity contribution in [1.29, 1.82) is 0 Å². The minimum atomic E-state index is -0.609. The summed E-state index contributed by atoms with van der Waals surface area (Å²) in [6.45, 7) is 0. The highest BCUT2D eigenvalue weighted by Crippen LogP contribution is 2.06. The molecular formula is C8H9N3O2. The summed E-state index contributed by atoms with van der Waals surface area (Å²) < 4.78 is 0. The summed E-state index contributed by atoms with van der Waals surface area (Å²) >= 11 is 0. The van der Waals surface area contributed by atoms with Crippen molar-refractivity contribution >= 4 is 11.7 Å². The van der Waals surface area contributed by atoms with Crippen molar-refractivity contribution in [3.8, 4) is 0 Å². The monoisotopic (exact) mass is 179 g/mol. The van der Waals surface area contributed by atoms with E-state index in [0.29, 0.717) is 5.56 Å². The van der Waals surface area contributed by atoms with Crippen LogP contribution in [0, 0.1) is 0 Å². The molecular weight excluding hydrogens is 170 g/mol. The number of oxime groups is 1. The van der Waals surface area contributed by atoms with Gasteiger partial charge in [-0.1, -0.05) is 23.4 Å². The zero-order chi connectivity index (χ0) is 9.84. The third-order valence-corrected chi connectivity index (χ3v) is 1.58. The second-order valence-electron chi connectivity index (χ2n) is 2.40.